The number of fused-ring (bicyclic) bond motifs is 1. The lowest BCUT2D eigenvalue weighted by Crippen LogP contribution is -2.18. The highest BCUT2D eigenvalue weighted by molar-refractivity contribution is 9.11. The van der Waals surface area contributed by atoms with Crippen molar-refractivity contribution in [1.29, 1.82) is 0 Å². The first-order valence-electron chi connectivity index (χ1n) is 9.97. The van der Waals surface area contributed by atoms with Crippen molar-refractivity contribution in [2.24, 2.45) is 5.10 Å². The molecule has 4 rings (SSSR count). The van der Waals surface area contributed by atoms with Crippen LogP contribution in [-0.4, -0.2) is 23.7 Å². The Morgan fingerprint density at radius 1 is 1.03 bits per heavy atom. The molecule has 160 valence electrons. The molecular formula is C25H19Br2N3O2. The summed E-state index contributed by atoms with van der Waals surface area (Å²) in [6, 6.07) is 22.9. The fourth-order valence-corrected chi connectivity index (χ4v) is 4.73. The predicted octanol–water partition coefficient (Wildman–Crippen LogP) is 6.59. The van der Waals surface area contributed by atoms with Crippen molar-refractivity contribution >= 4 is 54.9 Å². The van der Waals surface area contributed by atoms with Crippen molar-refractivity contribution < 1.29 is 9.53 Å². The quantitative estimate of drug-likeness (QED) is 0.217. The van der Waals surface area contributed by atoms with E-state index in [1.165, 1.54) is 0 Å². The Labute approximate surface area is 202 Å². The lowest BCUT2D eigenvalue weighted by Gasteiger charge is -2.10. The second-order valence-electron chi connectivity index (χ2n) is 6.88. The number of para-hydroxylation sites is 1. The molecule has 1 heterocycles. The number of hydrogen-bond donors (Lipinski definition) is 1. The second-order valence-corrected chi connectivity index (χ2v) is 8.59. The largest absolute Gasteiger partial charge is 0.492 e. The first kappa shape index (κ1) is 22.2. The summed E-state index contributed by atoms with van der Waals surface area (Å²) in [6.07, 6.45) is 1.59. The van der Waals surface area contributed by atoms with Crippen molar-refractivity contribution in [2.75, 3.05) is 6.61 Å². The fraction of sp³-hybridized carbons (Fsp3) is 0.0800. The van der Waals surface area contributed by atoms with Gasteiger partial charge in [-0.25, -0.2) is 10.4 Å². The summed E-state index contributed by atoms with van der Waals surface area (Å²) in [5, 5.41) is 4.93. The van der Waals surface area contributed by atoms with Gasteiger partial charge in [-0.15, -0.1) is 0 Å². The zero-order valence-electron chi connectivity index (χ0n) is 17.2. The molecule has 0 aliphatic heterocycles. The SMILES string of the molecule is CCOc1c(Br)cc(/C=N/NC(=O)c2cc(-c3ccccc3)nc3ccccc23)cc1Br. The van der Waals surface area contributed by atoms with Gasteiger partial charge in [-0.05, 0) is 68.6 Å². The van der Waals surface area contributed by atoms with Crippen molar-refractivity contribution in [3.05, 3.63) is 92.9 Å². The van der Waals surface area contributed by atoms with Crippen LogP contribution in [-0.2, 0) is 0 Å². The number of pyridine rings is 1. The standard InChI is InChI=1S/C25H19Br2N3O2/c1-2-32-24-20(26)12-16(13-21(24)27)15-28-30-25(31)19-14-23(17-8-4-3-5-9-17)29-22-11-7-6-10-18(19)22/h3-15H,2H2,1H3,(H,30,31)/b28-15+. The van der Waals surface area contributed by atoms with E-state index in [0.717, 1.165) is 42.4 Å². The van der Waals surface area contributed by atoms with Gasteiger partial charge in [-0.2, -0.15) is 5.10 Å². The Morgan fingerprint density at radius 2 is 1.72 bits per heavy atom. The van der Waals surface area contributed by atoms with Crippen LogP contribution in [0, 0.1) is 0 Å². The van der Waals surface area contributed by atoms with Crippen LogP contribution in [0.4, 0.5) is 0 Å². The highest BCUT2D eigenvalue weighted by Crippen LogP contribution is 2.34. The van der Waals surface area contributed by atoms with E-state index in [2.05, 4.69) is 42.4 Å². The normalized spacial score (nSPS) is 11.1. The maximum absolute atomic E-state index is 13.0. The minimum absolute atomic E-state index is 0.305. The molecule has 0 aliphatic carbocycles. The number of carbonyl (C=O) groups is 1. The molecule has 0 aliphatic rings. The van der Waals surface area contributed by atoms with E-state index >= 15 is 0 Å². The number of ether oxygens (including phenoxy) is 1. The van der Waals surface area contributed by atoms with Crippen LogP contribution in [0.2, 0.25) is 0 Å². The molecule has 1 amide bonds. The van der Waals surface area contributed by atoms with Gasteiger partial charge < -0.3 is 4.74 Å². The first-order chi connectivity index (χ1) is 15.6. The summed E-state index contributed by atoms with van der Waals surface area (Å²) in [4.78, 5) is 17.7. The van der Waals surface area contributed by atoms with Crippen LogP contribution in [0.25, 0.3) is 22.2 Å². The monoisotopic (exact) mass is 551 g/mol. The van der Waals surface area contributed by atoms with Gasteiger partial charge in [0.05, 0.1) is 38.5 Å². The van der Waals surface area contributed by atoms with Gasteiger partial charge in [0, 0.05) is 10.9 Å². The molecule has 0 saturated heterocycles. The number of hydrazone groups is 1. The Bertz CT molecular complexity index is 1280. The molecular weight excluding hydrogens is 534 g/mol. The number of hydrogen-bond acceptors (Lipinski definition) is 4. The molecule has 3 aromatic carbocycles. The fourth-order valence-electron chi connectivity index (χ4n) is 3.28. The lowest BCUT2D eigenvalue weighted by molar-refractivity contribution is 0.0956. The van der Waals surface area contributed by atoms with Crippen LogP contribution in [0.3, 0.4) is 0 Å². The molecule has 32 heavy (non-hydrogen) atoms. The van der Waals surface area contributed by atoms with Gasteiger partial charge in [0.1, 0.15) is 5.75 Å². The van der Waals surface area contributed by atoms with Crippen LogP contribution in [0.15, 0.2) is 86.8 Å². The summed E-state index contributed by atoms with van der Waals surface area (Å²) in [5.74, 6) is 0.423. The van der Waals surface area contributed by atoms with E-state index in [0.29, 0.717) is 12.2 Å². The van der Waals surface area contributed by atoms with E-state index in [4.69, 9.17) is 9.72 Å². The summed E-state index contributed by atoms with van der Waals surface area (Å²) in [7, 11) is 0. The maximum Gasteiger partial charge on any atom is 0.272 e. The zero-order valence-corrected chi connectivity index (χ0v) is 20.4. The van der Waals surface area contributed by atoms with Gasteiger partial charge in [0.2, 0.25) is 0 Å². The van der Waals surface area contributed by atoms with Crippen molar-refractivity contribution in [3.63, 3.8) is 0 Å². The minimum Gasteiger partial charge on any atom is -0.492 e. The Balaban J connectivity index is 1.62. The predicted molar refractivity (Wildman–Crippen MR) is 135 cm³/mol. The molecule has 0 unspecified atom stereocenters. The van der Waals surface area contributed by atoms with E-state index in [9.17, 15) is 4.79 Å². The van der Waals surface area contributed by atoms with Crippen molar-refractivity contribution in [1.82, 2.24) is 10.4 Å². The number of halogens is 2. The highest BCUT2D eigenvalue weighted by atomic mass is 79.9. The summed E-state index contributed by atoms with van der Waals surface area (Å²) >= 11 is 7.01. The summed E-state index contributed by atoms with van der Waals surface area (Å²) in [6.45, 7) is 2.49. The van der Waals surface area contributed by atoms with Crippen LogP contribution < -0.4 is 10.2 Å². The molecule has 4 aromatic rings. The number of benzene rings is 3. The van der Waals surface area contributed by atoms with Crippen molar-refractivity contribution in [3.8, 4) is 17.0 Å². The third-order valence-electron chi connectivity index (χ3n) is 4.72. The lowest BCUT2D eigenvalue weighted by atomic mass is 10.0. The molecule has 1 N–H and O–H groups in total. The third-order valence-corrected chi connectivity index (χ3v) is 5.90. The number of amides is 1. The molecule has 5 nitrogen and oxygen atoms in total. The molecule has 0 spiro atoms. The molecule has 0 atom stereocenters. The summed E-state index contributed by atoms with van der Waals surface area (Å²) in [5.41, 5.74) is 6.39. The number of nitrogens with one attached hydrogen (secondary N) is 1. The topological polar surface area (TPSA) is 63.6 Å². The van der Waals surface area contributed by atoms with E-state index in [1.54, 1.807) is 12.3 Å². The highest BCUT2D eigenvalue weighted by Gasteiger charge is 2.13. The van der Waals surface area contributed by atoms with Gasteiger partial charge in [-0.1, -0.05) is 48.5 Å². The average molecular weight is 553 g/mol. The molecule has 7 heteroatoms. The first-order valence-corrected chi connectivity index (χ1v) is 11.6. The van der Waals surface area contributed by atoms with Gasteiger partial charge in [0.25, 0.3) is 5.91 Å². The van der Waals surface area contributed by atoms with Gasteiger partial charge in [0.15, 0.2) is 0 Å². The maximum atomic E-state index is 13.0. The number of nitrogens with zero attached hydrogens (tertiary/aromatic N) is 2. The second kappa shape index (κ2) is 10.1. The molecule has 1 aromatic heterocycles. The molecule has 0 saturated carbocycles. The van der Waals surface area contributed by atoms with Crippen LogP contribution >= 0.6 is 31.9 Å². The molecule has 0 bridgehead atoms. The molecule has 0 fully saturated rings. The Kier molecular flexibility index (Phi) is 6.97. The summed E-state index contributed by atoms with van der Waals surface area (Å²) < 4.78 is 7.20. The Hall–Kier alpha value is -3.03. The van der Waals surface area contributed by atoms with E-state index in [-0.39, 0.29) is 5.91 Å². The van der Waals surface area contributed by atoms with Gasteiger partial charge in [-0.3, -0.25) is 4.79 Å². The van der Waals surface area contributed by atoms with E-state index in [1.807, 2.05) is 73.7 Å². The average Bonchev–Trinajstić information content (AvgIpc) is 2.81. The van der Waals surface area contributed by atoms with Crippen LogP contribution in [0.5, 0.6) is 5.75 Å². The van der Waals surface area contributed by atoms with Gasteiger partial charge >= 0.3 is 0 Å². The molecule has 0 radical (unpaired) electrons. The number of carbonyl (C=O) groups excluding carboxylic acids is 1. The minimum atomic E-state index is -0.305. The smallest absolute Gasteiger partial charge is 0.272 e. The van der Waals surface area contributed by atoms with E-state index < -0.39 is 0 Å². The van der Waals surface area contributed by atoms with Crippen molar-refractivity contribution in [2.45, 2.75) is 6.92 Å². The zero-order chi connectivity index (χ0) is 22.5. The number of aromatic nitrogens is 1. The third kappa shape index (κ3) is 4.89. The Morgan fingerprint density at radius 3 is 2.44 bits per heavy atom. The van der Waals surface area contributed by atoms with Crippen LogP contribution in [0.1, 0.15) is 22.8 Å². The number of rotatable bonds is 6.